The number of non-ortho nitro benzene ring substituents is 1. The summed E-state index contributed by atoms with van der Waals surface area (Å²) in [6.07, 6.45) is 1.30. The van der Waals surface area contributed by atoms with E-state index < -0.39 is 22.0 Å². The van der Waals surface area contributed by atoms with Crippen molar-refractivity contribution in [1.29, 1.82) is 0 Å². The Balaban J connectivity index is 1.71. The summed E-state index contributed by atoms with van der Waals surface area (Å²) < 4.78 is 5.44. The summed E-state index contributed by atoms with van der Waals surface area (Å²) >= 11 is 0. The average molecular weight is 617 g/mol. The minimum atomic E-state index is -0.648. The normalized spacial score (nSPS) is 11.6. The van der Waals surface area contributed by atoms with Crippen molar-refractivity contribution in [3.05, 3.63) is 112 Å². The van der Waals surface area contributed by atoms with E-state index in [4.69, 9.17) is 4.74 Å². The van der Waals surface area contributed by atoms with Gasteiger partial charge in [-0.15, -0.1) is 0 Å². The number of amides is 2. The Labute approximate surface area is 265 Å². The number of nitrogens with zero attached hydrogens (tertiary/aromatic N) is 4. The maximum absolute atomic E-state index is 13.6. The Morgan fingerprint density at radius 1 is 0.711 bits per heavy atom. The van der Waals surface area contributed by atoms with Gasteiger partial charge in [0.25, 0.3) is 5.69 Å². The molecule has 0 unspecified atom stereocenters. The van der Waals surface area contributed by atoms with Crippen molar-refractivity contribution in [3.63, 3.8) is 0 Å². The molecule has 0 spiro atoms. The monoisotopic (exact) mass is 616 g/mol. The van der Waals surface area contributed by atoms with Gasteiger partial charge in [0, 0.05) is 43.9 Å². The van der Waals surface area contributed by atoms with Crippen molar-refractivity contribution < 1.29 is 24.0 Å². The van der Waals surface area contributed by atoms with Crippen LogP contribution in [0.2, 0.25) is 0 Å². The summed E-state index contributed by atoms with van der Waals surface area (Å²) in [5.41, 5.74) is 1.26. The highest BCUT2D eigenvalue weighted by Gasteiger charge is 2.32. The molecule has 10 nitrogen and oxygen atoms in total. The number of likely N-dealkylation sites (N-methyl/N-ethyl adjacent to an activating group) is 2. The van der Waals surface area contributed by atoms with Gasteiger partial charge in [0.1, 0.15) is 6.61 Å². The summed E-state index contributed by atoms with van der Waals surface area (Å²) in [5, 5.41) is 10.9. The second kappa shape index (κ2) is 15.4. The second-order valence-electron chi connectivity index (χ2n) is 12.5. The summed E-state index contributed by atoms with van der Waals surface area (Å²) in [7, 11) is 3.52. The molecule has 0 aliphatic rings. The SMILES string of the molecule is CN(C(=O)CN(CCOC(=O)c1ccc([N+](=O)[O-])cc1)CC(=O)N(C)C(C)(C)Cc1ccccc1)C(C)(C)Cc1ccccc1. The van der Waals surface area contributed by atoms with E-state index in [0.29, 0.717) is 12.8 Å². The molecule has 0 fully saturated rings. The fourth-order valence-corrected chi connectivity index (χ4v) is 4.98. The van der Waals surface area contributed by atoms with Gasteiger partial charge < -0.3 is 14.5 Å². The van der Waals surface area contributed by atoms with E-state index in [1.165, 1.54) is 24.3 Å². The maximum Gasteiger partial charge on any atom is 0.338 e. The number of carbonyl (C=O) groups is 3. The summed E-state index contributed by atoms with van der Waals surface area (Å²) in [6.45, 7) is 7.95. The molecule has 10 heteroatoms. The van der Waals surface area contributed by atoms with Gasteiger partial charge in [-0.25, -0.2) is 4.79 Å². The highest BCUT2D eigenvalue weighted by atomic mass is 16.6. The number of hydrogen-bond donors (Lipinski definition) is 0. The number of nitro groups is 1. The van der Waals surface area contributed by atoms with Crippen LogP contribution in [0.5, 0.6) is 0 Å². The number of rotatable bonds is 15. The number of carbonyl (C=O) groups excluding carboxylic acids is 3. The molecule has 0 aliphatic carbocycles. The lowest BCUT2D eigenvalue weighted by molar-refractivity contribution is -0.384. The molecule has 0 aromatic heterocycles. The van der Waals surface area contributed by atoms with Gasteiger partial charge in [0.15, 0.2) is 0 Å². The van der Waals surface area contributed by atoms with Crippen LogP contribution < -0.4 is 0 Å². The minimum Gasteiger partial charge on any atom is -0.461 e. The summed E-state index contributed by atoms with van der Waals surface area (Å²) in [5.74, 6) is -0.988. The zero-order chi connectivity index (χ0) is 33.2. The van der Waals surface area contributed by atoms with Crippen molar-refractivity contribution >= 4 is 23.5 Å². The fourth-order valence-electron chi connectivity index (χ4n) is 4.98. The van der Waals surface area contributed by atoms with Crippen LogP contribution in [0.1, 0.15) is 49.2 Å². The lowest BCUT2D eigenvalue weighted by Gasteiger charge is -2.39. The van der Waals surface area contributed by atoms with Gasteiger partial charge in [-0.3, -0.25) is 24.6 Å². The predicted octanol–water partition coefficient (Wildman–Crippen LogP) is 5.01. The molecule has 0 saturated carbocycles. The van der Waals surface area contributed by atoms with E-state index in [0.717, 1.165) is 11.1 Å². The molecule has 3 aromatic carbocycles. The third-order valence-electron chi connectivity index (χ3n) is 8.20. The van der Waals surface area contributed by atoms with Crippen LogP contribution in [0.15, 0.2) is 84.9 Å². The molecule has 2 amide bonds. The van der Waals surface area contributed by atoms with Crippen molar-refractivity contribution in [2.45, 2.75) is 51.6 Å². The van der Waals surface area contributed by atoms with Gasteiger partial charge in [0.05, 0.1) is 23.6 Å². The highest BCUT2D eigenvalue weighted by molar-refractivity contribution is 5.89. The van der Waals surface area contributed by atoms with Crippen LogP contribution >= 0.6 is 0 Å². The van der Waals surface area contributed by atoms with Crippen molar-refractivity contribution in [3.8, 4) is 0 Å². The zero-order valence-corrected chi connectivity index (χ0v) is 27.1. The molecule has 0 heterocycles. The van der Waals surface area contributed by atoms with Crippen LogP contribution in [0.4, 0.5) is 5.69 Å². The molecule has 240 valence electrons. The van der Waals surface area contributed by atoms with Gasteiger partial charge >= 0.3 is 5.97 Å². The van der Waals surface area contributed by atoms with Gasteiger partial charge in [-0.2, -0.15) is 0 Å². The van der Waals surface area contributed by atoms with Crippen LogP contribution in [-0.4, -0.2) is 88.8 Å². The molecule has 3 rings (SSSR count). The molecule has 0 atom stereocenters. The van der Waals surface area contributed by atoms with E-state index in [-0.39, 0.29) is 49.3 Å². The zero-order valence-electron chi connectivity index (χ0n) is 27.1. The maximum atomic E-state index is 13.6. The molecule has 0 N–H and O–H groups in total. The van der Waals surface area contributed by atoms with Gasteiger partial charge in [0.2, 0.25) is 11.8 Å². The number of ether oxygens (including phenoxy) is 1. The standard InChI is InChI=1S/C35H44N4O6/c1-34(2,23-27-13-9-7-10-14-27)36(5)31(40)25-38(21-22-45-33(42)29-17-19-30(20-18-29)39(43)44)26-32(41)37(6)35(3,4)24-28-15-11-8-12-16-28/h7-20H,21-26H2,1-6H3. The second-order valence-corrected chi connectivity index (χ2v) is 12.5. The van der Waals surface area contributed by atoms with E-state index in [2.05, 4.69) is 0 Å². The third kappa shape index (κ3) is 10.2. The van der Waals surface area contributed by atoms with E-state index in [1.54, 1.807) is 28.8 Å². The fraction of sp³-hybridized carbons (Fsp3) is 0.400. The summed E-state index contributed by atoms with van der Waals surface area (Å²) in [4.78, 5) is 55.3. The Morgan fingerprint density at radius 2 is 1.13 bits per heavy atom. The Morgan fingerprint density at radius 3 is 1.53 bits per heavy atom. The molecule has 0 radical (unpaired) electrons. The summed E-state index contributed by atoms with van der Waals surface area (Å²) in [6, 6.07) is 25.0. The topological polar surface area (TPSA) is 113 Å². The molecule has 0 aliphatic heterocycles. The molecular weight excluding hydrogens is 572 g/mol. The number of benzene rings is 3. The molecular formula is C35H44N4O6. The van der Waals surface area contributed by atoms with Crippen LogP contribution in [0, 0.1) is 10.1 Å². The number of hydrogen-bond acceptors (Lipinski definition) is 7. The molecule has 45 heavy (non-hydrogen) atoms. The van der Waals surface area contributed by atoms with Crippen molar-refractivity contribution in [2.24, 2.45) is 0 Å². The Bertz CT molecular complexity index is 1370. The molecule has 0 saturated heterocycles. The van der Waals surface area contributed by atoms with E-state index >= 15 is 0 Å². The lowest BCUT2D eigenvalue weighted by atomic mass is 9.93. The van der Waals surface area contributed by atoms with E-state index in [1.807, 2.05) is 88.4 Å². The van der Waals surface area contributed by atoms with Crippen LogP contribution in [0.3, 0.4) is 0 Å². The minimum absolute atomic E-state index is 0.0531. The smallest absolute Gasteiger partial charge is 0.338 e. The number of esters is 1. The van der Waals surface area contributed by atoms with E-state index in [9.17, 15) is 24.5 Å². The first-order chi connectivity index (χ1) is 21.2. The first kappa shape index (κ1) is 34.9. The van der Waals surface area contributed by atoms with Crippen molar-refractivity contribution in [1.82, 2.24) is 14.7 Å². The van der Waals surface area contributed by atoms with Gasteiger partial charge in [-0.1, -0.05) is 60.7 Å². The van der Waals surface area contributed by atoms with Crippen LogP contribution in [-0.2, 0) is 27.2 Å². The first-order valence-electron chi connectivity index (χ1n) is 14.9. The third-order valence-corrected chi connectivity index (χ3v) is 8.20. The lowest BCUT2D eigenvalue weighted by Crippen LogP contribution is -2.53. The predicted molar refractivity (Wildman–Crippen MR) is 174 cm³/mol. The average Bonchev–Trinajstić information content (AvgIpc) is 3.00. The van der Waals surface area contributed by atoms with Crippen molar-refractivity contribution in [2.75, 3.05) is 40.3 Å². The quantitative estimate of drug-likeness (QED) is 0.134. The number of nitro benzene ring substituents is 1. The largest absolute Gasteiger partial charge is 0.461 e. The Hall–Kier alpha value is -4.57. The molecule has 3 aromatic rings. The van der Waals surface area contributed by atoms with Crippen LogP contribution in [0.25, 0.3) is 0 Å². The highest BCUT2D eigenvalue weighted by Crippen LogP contribution is 2.21. The Kier molecular flexibility index (Phi) is 12.0. The molecule has 0 bridgehead atoms. The first-order valence-corrected chi connectivity index (χ1v) is 14.9. The van der Waals surface area contributed by atoms with Gasteiger partial charge in [-0.05, 0) is 63.8 Å².